The third kappa shape index (κ3) is 4.84. The first-order valence-electron chi connectivity index (χ1n) is 11.1. The van der Waals surface area contributed by atoms with E-state index in [0.29, 0.717) is 25.8 Å². The lowest BCUT2D eigenvalue weighted by molar-refractivity contribution is -0.131. The zero-order valence-electron chi connectivity index (χ0n) is 17.8. The average Bonchev–Trinajstić information content (AvgIpc) is 2.78. The molecule has 5 heteroatoms. The van der Waals surface area contributed by atoms with Gasteiger partial charge < -0.3 is 15.1 Å². The van der Waals surface area contributed by atoms with Crippen LogP contribution < -0.4 is 10.2 Å². The van der Waals surface area contributed by atoms with Crippen molar-refractivity contribution >= 4 is 23.2 Å². The van der Waals surface area contributed by atoms with Crippen LogP contribution in [0.5, 0.6) is 0 Å². The van der Waals surface area contributed by atoms with Gasteiger partial charge in [-0.2, -0.15) is 0 Å². The molecule has 5 nitrogen and oxygen atoms in total. The summed E-state index contributed by atoms with van der Waals surface area (Å²) in [5.41, 5.74) is 4.46. The molecule has 1 N–H and O–H groups in total. The van der Waals surface area contributed by atoms with E-state index in [1.807, 2.05) is 31.3 Å². The monoisotopic (exact) mass is 405 g/mol. The van der Waals surface area contributed by atoms with E-state index >= 15 is 0 Å². The molecule has 0 radical (unpaired) electrons. The van der Waals surface area contributed by atoms with Crippen LogP contribution in [0.15, 0.2) is 48.5 Å². The number of benzene rings is 2. The summed E-state index contributed by atoms with van der Waals surface area (Å²) in [6.07, 6.45) is 5.54. The predicted octanol–water partition coefficient (Wildman–Crippen LogP) is 4.23. The van der Waals surface area contributed by atoms with Crippen molar-refractivity contribution in [2.24, 2.45) is 5.92 Å². The Bertz CT molecular complexity index is 888. The van der Waals surface area contributed by atoms with Gasteiger partial charge in [0.15, 0.2) is 0 Å². The second-order valence-corrected chi connectivity index (χ2v) is 8.55. The molecule has 1 atom stereocenters. The number of amides is 2. The Morgan fingerprint density at radius 1 is 1.07 bits per heavy atom. The molecule has 2 aliphatic heterocycles. The zero-order chi connectivity index (χ0) is 20.9. The number of nitrogens with zero attached hydrogens (tertiary/aromatic N) is 2. The molecule has 0 spiro atoms. The fourth-order valence-corrected chi connectivity index (χ4v) is 4.46. The van der Waals surface area contributed by atoms with Crippen LogP contribution in [0.4, 0.5) is 11.4 Å². The molecule has 4 rings (SSSR count). The smallest absolute Gasteiger partial charge is 0.227 e. The van der Waals surface area contributed by atoms with Crippen LogP contribution in [0, 0.1) is 5.92 Å². The Balaban J connectivity index is 1.27. The number of carbonyl (C=O) groups excluding carboxylic acids is 2. The second-order valence-electron chi connectivity index (χ2n) is 8.55. The highest BCUT2D eigenvalue weighted by atomic mass is 16.2. The van der Waals surface area contributed by atoms with E-state index in [4.69, 9.17) is 0 Å². The van der Waals surface area contributed by atoms with Crippen LogP contribution in [-0.4, -0.2) is 36.9 Å². The molecule has 2 amide bonds. The quantitative estimate of drug-likeness (QED) is 0.783. The highest BCUT2D eigenvalue weighted by molar-refractivity contribution is 5.96. The molecule has 0 aliphatic carbocycles. The van der Waals surface area contributed by atoms with Gasteiger partial charge in [0, 0.05) is 50.4 Å². The highest BCUT2D eigenvalue weighted by Gasteiger charge is 2.26. The Morgan fingerprint density at radius 3 is 2.57 bits per heavy atom. The van der Waals surface area contributed by atoms with Crippen LogP contribution in [-0.2, 0) is 22.6 Å². The summed E-state index contributed by atoms with van der Waals surface area (Å²) in [6.45, 7) is 2.87. The minimum Gasteiger partial charge on any atom is -0.372 e. The van der Waals surface area contributed by atoms with Crippen LogP contribution >= 0.6 is 0 Å². The molecule has 1 saturated heterocycles. The maximum Gasteiger partial charge on any atom is 0.227 e. The summed E-state index contributed by atoms with van der Waals surface area (Å²) in [4.78, 5) is 29.2. The van der Waals surface area contributed by atoms with Crippen molar-refractivity contribution in [2.75, 3.05) is 30.4 Å². The molecule has 158 valence electrons. The largest absolute Gasteiger partial charge is 0.372 e. The Morgan fingerprint density at radius 2 is 1.80 bits per heavy atom. The first-order chi connectivity index (χ1) is 14.6. The lowest BCUT2D eigenvalue weighted by Gasteiger charge is -2.29. The predicted molar refractivity (Wildman–Crippen MR) is 120 cm³/mol. The third-order valence-electron chi connectivity index (χ3n) is 6.32. The van der Waals surface area contributed by atoms with Crippen LogP contribution in [0.2, 0.25) is 0 Å². The second kappa shape index (κ2) is 9.33. The van der Waals surface area contributed by atoms with E-state index in [1.165, 1.54) is 24.9 Å². The number of nitrogens with one attached hydrogen (secondary N) is 1. The van der Waals surface area contributed by atoms with Crippen molar-refractivity contribution in [3.63, 3.8) is 0 Å². The molecule has 0 aromatic heterocycles. The number of hydrogen-bond donors (Lipinski definition) is 1. The van der Waals surface area contributed by atoms with Crippen molar-refractivity contribution in [2.45, 2.75) is 45.1 Å². The first kappa shape index (κ1) is 20.5. The number of carbonyl (C=O) groups is 2. The van der Waals surface area contributed by atoms with Crippen LogP contribution in [0.3, 0.4) is 0 Å². The van der Waals surface area contributed by atoms with Crippen molar-refractivity contribution in [3.8, 4) is 0 Å². The molecule has 1 fully saturated rings. The molecule has 0 bridgehead atoms. The van der Waals surface area contributed by atoms with Gasteiger partial charge in [0.05, 0.1) is 0 Å². The number of anilines is 2. The first-order valence-corrected chi connectivity index (χ1v) is 11.1. The number of rotatable bonds is 6. The van der Waals surface area contributed by atoms with E-state index in [1.54, 1.807) is 4.90 Å². The number of hydrogen-bond acceptors (Lipinski definition) is 3. The Hall–Kier alpha value is -2.82. The molecular formula is C25H31N3O2. The van der Waals surface area contributed by atoms with Crippen molar-refractivity contribution in [1.29, 1.82) is 0 Å². The summed E-state index contributed by atoms with van der Waals surface area (Å²) in [7, 11) is 1.84. The lowest BCUT2D eigenvalue weighted by Crippen LogP contribution is -2.32. The van der Waals surface area contributed by atoms with Crippen LogP contribution in [0.25, 0.3) is 0 Å². The molecule has 30 heavy (non-hydrogen) atoms. The van der Waals surface area contributed by atoms with E-state index in [2.05, 4.69) is 34.5 Å². The number of piperidine rings is 1. The summed E-state index contributed by atoms with van der Waals surface area (Å²) in [5.74, 6) is -0.0275. The molecular weight excluding hydrogens is 374 g/mol. The van der Waals surface area contributed by atoms with E-state index in [0.717, 1.165) is 29.9 Å². The molecule has 2 heterocycles. The third-order valence-corrected chi connectivity index (χ3v) is 6.32. The Labute approximate surface area is 179 Å². The minimum absolute atomic E-state index is 0.0254. The van der Waals surface area contributed by atoms with Gasteiger partial charge in [-0.15, -0.1) is 0 Å². The molecule has 0 unspecified atom stereocenters. The maximum atomic E-state index is 12.6. The van der Waals surface area contributed by atoms with Gasteiger partial charge in [-0.1, -0.05) is 30.3 Å². The molecule has 2 aromatic rings. The van der Waals surface area contributed by atoms with Crippen LogP contribution in [0.1, 0.15) is 43.2 Å². The van der Waals surface area contributed by atoms with Gasteiger partial charge in [-0.05, 0) is 61.4 Å². The lowest BCUT2D eigenvalue weighted by atomic mass is 9.89. The van der Waals surface area contributed by atoms with E-state index in [9.17, 15) is 9.59 Å². The Kier molecular flexibility index (Phi) is 6.36. The van der Waals surface area contributed by atoms with Gasteiger partial charge in [-0.25, -0.2) is 0 Å². The topological polar surface area (TPSA) is 52.6 Å². The normalized spacial score (nSPS) is 18.5. The van der Waals surface area contributed by atoms with Gasteiger partial charge >= 0.3 is 0 Å². The van der Waals surface area contributed by atoms with Gasteiger partial charge in [0.1, 0.15) is 0 Å². The fraction of sp³-hybridized carbons (Fsp3) is 0.440. The molecule has 2 aliphatic rings. The number of para-hydroxylation sites is 1. The van der Waals surface area contributed by atoms with Crippen molar-refractivity contribution < 1.29 is 9.59 Å². The molecule has 2 aromatic carbocycles. The summed E-state index contributed by atoms with van der Waals surface area (Å²) in [6, 6.07) is 16.5. The summed E-state index contributed by atoms with van der Waals surface area (Å²) >= 11 is 0. The highest BCUT2D eigenvalue weighted by Crippen LogP contribution is 2.28. The SMILES string of the molecule is CN(Cc1ccc(N2CCCCC2)cc1)C(=O)CC[C@@H]1Cc2ccccc2NC1=O. The van der Waals surface area contributed by atoms with E-state index < -0.39 is 0 Å². The number of fused-ring (bicyclic) bond motifs is 1. The van der Waals surface area contributed by atoms with Gasteiger partial charge in [-0.3, -0.25) is 9.59 Å². The maximum absolute atomic E-state index is 12.6. The van der Waals surface area contributed by atoms with Gasteiger partial charge in [0.25, 0.3) is 0 Å². The standard InChI is InChI=1S/C25H31N3O2/c1-27(18-19-9-12-22(13-10-19)28-15-5-2-6-16-28)24(29)14-11-21-17-20-7-3-4-8-23(20)26-25(21)30/h3-4,7-10,12-13,21H,2,5-6,11,14-18H2,1H3,(H,26,30)/t21-/m1/s1. The zero-order valence-corrected chi connectivity index (χ0v) is 17.8. The minimum atomic E-state index is -0.138. The summed E-state index contributed by atoms with van der Waals surface area (Å²) in [5, 5.41) is 2.97. The van der Waals surface area contributed by atoms with Crippen molar-refractivity contribution in [1.82, 2.24) is 4.90 Å². The van der Waals surface area contributed by atoms with E-state index in [-0.39, 0.29) is 17.7 Å². The van der Waals surface area contributed by atoms with Crippen molar-refractivity contribution in [3.05, 3.63) is 59.7 Å². The summed E-state index contributed by atoms with van der Waals surface area (Å²) < 4.78 is 0. The molecule has 0 saturated carbocycles. The fourth-order valence-electron chi connectivity index (χ4n) is 4.46. The van der Waals surface area contributed by atoms with Gasteiger partial charge in [0.2, 0.25) is 11.8 Å². The average molecular weight is 406 g/mol.